The van der Waals surface area contributed by atoms with Crippen LogP contribution in [0.2, 0.25) is 0 Å². The summed E-state index contributed by atoms with van der Waals surface area (Å²) in [5.74, 6) is 1.50. The third kappa shape index (κ3) is 3.08. The number of hydrogen-bond acceptors (Lipinski definition) is 4. The minimum absolute atomic E-state index is 0.205. The van der Waals surface area contributed by atoms with Crippen molar-refractivity contribution in [2.45, 2.75) is 27.3 Å². The second kappa shape index (κ2) is 6.74. The number of aromatic nitrogens is 5. The average molecular weight is 423 g/mol. The number of nitrogens with zero attached hydrogens (tertiary/aromatic N) is 4. The molecule has 0 radical (unpaired) electrons. The lowest BCUT2D eigenvalue weighted by Gasteiger charge is -2.14. The van der Waals surface area contributed by atoms with Gasteiger partial charge in [-0.2, -0.15) is 0 Å². The molecular formula is C20H19BrN6. The van der Waals surface area contributed by atoms with Crippen molar-refractivity contribution in [3.8, 4) is 11.4 Å². The van der Waals surface area contributed by atoms with Gasteiger partial charge in [-0.1, -0.05) is 24.3 Å². The van der Waals surface area contributed by atoms with Gasteiger partial charge in [0.1, 0.15) is 17.2 Å². The first-order valence-corrected chi connectivity index (χ1v) is 9.41. The molecule has 0 aliphatic rings. The Morgan fingerprint density at radius 1 is 1.07 bits per heavy atom. The van der Waals surface area contributed by atoms with Gasteiger partial charge in [0.25, 0.3) is 0 Å². The smallest absolute Gasteiger partial charge is 0.174 e. The predicted octanol–water partition coefficient (Wildman–Crippen LogP) is 4.04. The van der Waals surface area contributed by atoms with Crippen molar-refractivity contribution in [2.75, 3.05) is 0 Å². The second-order valence-electron chi connectivity index (χ2n) is 6.61. The SMILES string of the molecule is Cc1ccccc1-c1nc2c([nH]1)c(=N)nc(C)n2Cc1c(C)cncc1Br. The second-order valence-corrected chi connectivity index (χ2v) is 7.46. The van der Waals surface area contributed by atoms with Gasteiger partial charge in [-0.25, -0.2) is 9.97 Å². The highest BCUT2D eigenvalue weighted by molar-refractivity contribution is 9.10. The van der Waals surface area contributed by atoms with Crippen molar-refractivity contribution in [1.82, 2.24) is 24.5 Å². The predicted molar refractivity (Wildman–Crippen MR) is 108 cm³/mol. The van der Waals surface area contributed by atoms with Gasteiger partial charge in [-0.05, 0) is 53.4 Å². The zero-order chi connectivity index (χ0) is 19.1. The van der Waals surface area contributed by atoms with Crippen LogP contribution in [-0.2, 0) is 6.54 Å². The largest absolute Gasteiger partial charge is 0.334 e. The number of imidazole rings is 1. The van der Waals surface area contributed by atoms with Crippen molar-refractivity contribution in [2.24, 2.45) is 0 Å². The number of fused-ring (bicyclic) bond motifs is 1. The number of aryl methyl sites for hydroxylation is 3. The van der Waals surface area contributed by atoms with Crippen LogP contribution in [0.1, 0.15) is 22.5 Å². The van der Waals surface area contributed by atoms with Crippen LogP contribution in [-0.4, -0.2) is 24.5 Å². The molecule has 3 aromatic heterocycles. The van der Waals surface area contributed by atoms with E-state index in [1.54, 1.807) is 6.20 Å². The van der Waals surface area contributed by atoms with E-state index in [2.05, 4.69) is 43.9 Å². The van der Waals surface area contributed by atoms with E-state index in [9.17, 15) is 0 Å². The summed E-state index contributed by atoms with van der Waals surface area (Å²) in [6.07, 6.45) is 3.65. The highest BCUT2D eigenvalue weighted by Crippen LogP contribution is 2.25. The maximum atomic E-state index is 8.28. The van der Waals surface area contributed by atoms with Gasteiger partial charge in [0, 0.05) is 22.4 Å². The van der Waals surface area contributed by atoms with Crippen LogP contribution in [0.15, 0.2) is 41.1 Å². The lowest BCUT2D eigenvalue weighted by Crippen LogP contribution is -2.18. The maximum Gasteiger partial charge on any atom is 0.174 e. The van der Waals surface area contributed by atoms with Crippen molar-refractivity contribution >= 4 is 27.1 Å². The summed E-state index contributed by atoms with van der Waals surface area (Å²) in [7, 11) is 0. The number of benzene rings is 1. The quantitative estimate of drug-likeness (QED) is 0.522. The van der Waals surface area contributed by atoms with Crippen LogP contribution in [0.3, 0.4) is 0 Å². The van der Waals surface area contributed by atoms with Crippen LogP contribution >= 0.6 is 15.9 Å². The van der Waals surface area contributed by atoms with E-state index in [-0.39, 0.29) is 5.49 Å². The summed E-state index contributed by atoms with van der Waals surface area (Å²) in [6.45, 7) is 6.60. The molecule has 0 saturated carbocycles. The zero-order valence-corrected chi connectivity index (χ0v) is 16.9. The molecule has 3 heterocycles. The van der Waals surface area contributed by atoms with Crippen LogP contribution in [0.5, 0.6) is 0 Å². The van der Waals surface area contributed by atoms with Crippen LogP contribution < -0.4 is 5.49 Å². The molecule has 0 saturated heterocycles. The molecule has 27 heavy (non-hydrogen) atoms. The van der Waals surface area contributed by atoms with Gasteiger partial charge < -0.3 is 9.55 Å². The van der Waals surface area contributed by atoms with Crippen molar-refractivity contribution in [1.29, 1.82) is 5.41 Å². The Balaban J connectivity index is 1.94. The minimum Gasteiger partial charge on any atom is -0.334 e. The molecule has 0 aliphatic heterocycles. The molecule has 0 bridgehead atoms. The number of halogens is 1. The summed E-state index contributed by atoms with van der Waals surface area (Å²) < 4.78 is 2.99. The normalized spacial score (nSPS) is 11.3. The van der Waals surface area contributed by atoms with Crippen molar-refractivity contribution < 1.29 is 0 Å². The Morgan fingerprint density at radius 3 is 2.59 bits per heavy atom. The molecule has 0 unspecified atom stereocenters. The molecule has 0 spiro atoms. The molecule has 2 N–H and O–H groups in total. The first-order chi connectivity index (χ1) is 13.0. The average Bonchev–Trinajstić information content (AvgIpc) is 3.06. The van der Waals surface area contributed by atoms with Crippen LogP contribution in [0.25, 0.3) is 22.6 Å². The molecule has 0 atom stereocenters. The third-order valence-electron chi connectivity index (χ3n) is 4.78. The van der Waals surface area contributed by atoms with E-state index in [1.807, 2.05) is 42.8 Å². The van der Waals surface area contributed by atoms with Gasteiger partial charge in [-0.15, -0.1) is 0 Å². The minimum atomic E-state index is 0.205. The van der Waals surface area contributed by atoms with Crippen LogP contribution in [0, 0.1) is 26.2 Å². The van der Waals surface area contributed by atoms with E-state index in [4.69, 9.17) is 10.4 Å². The monoisotopic (exact) mass is 422 g/mol. The van der Waals surface area contributed by atoms with Gasteiger partial charge in [0.15, 0.2) is 11.1 Å². The summed E-state index contributed by atoms with van der Waals surface area (Å²) in [5, 5.41) is 8.28. The topological polar surface area (TPSA) is 83.2 Å². The molecule has 1 aromatic carbocycles. The molecule has 0 amide bonds. The Hall–Kier alpha value is -2.80. The van der Waals surface area contributed by atoms with Gasteiger partial charge >= 0.3 is 0 Å². The van der Waals surface area contributed by atoms with E-state index in [0.29, 0.717) is 12.1 Å². The Labute approximate surface area is 165 Å². The first kappa shape index (κ1) is 17.6. The van der Waals surface area contributed by atoms with Crippen molar-refractivity contribution in [3.05, 3.63) is 69.1 Å². The highest BCUT2D eigenvalue weighted by Gasteiger charge is 2.15. The molecule has 136 valence electrons. The Bertz CT molecular complexity index is 1200. The number of hydrogen-bond donors (Lipinski definition) is 2. The number of rotatable bonds is 3. The number of pyridine rings is 1. The fourth-order valence-corrected chi connectivity index (χ4v) is 3.78. The van der Waals surface area contributed by atoms with Gasteiger partial charge in [0.2, 0.25) is 0 Å². The fraction of sp³-hybridized carbons (Fsp3) is 0.200. The molecular weight excluding hydrogens is 404 g/mol. The standard InChI is InChI=1S/C20H19BrN6/c1-11-6-4-5-7-14(11)19-25-17-18(22)24-13(3)27(20(17)26-19)10-15-12(2)8-23-9-16(15)21/h4-9,22H,10H2,1-3H3,(H,25,26). The number of H-pyrrole nitrogens is 1. The van der Waals surface area contributed by atoms with E-state index < -0.39 is 0 Å². The van der Waals surface area contributed by atoms with E-state index in [1.165, 1.54) is 0 Å². The number of nitrogens with one attached hydrogen (secondary N) is 2. The summed E-state index contributed by atoms with van der Waals surface area (Å²) in [5.41, 5.74) is 5.95. The molecule has 4 aromatic rings. The van der Waals surface area contributed by atoms with Crippen LogP contribution in [0.4, 0.5) is 0 Å². The summed E-state index contributed by atoms with van der Waals surface area (Å²) in [4.78, 5) is 16.8. The molecule has 0 fully saturated rings. The first-order valence-electron chi connectivity index (χ1n) is 8.62. The van der Waals surface area contributed by atoms with Gasteiger partial charge in [-0.3, -0.25) is 10.4 Å². The van der Waals surface area contributed by atoms with E-state index >= 15 is 0 Å². The van der Waals surface area contributed by atoms with Gasteiger partial charge in [0.05, 0.1) is 6.54 Å². The third-order valence-corrected chi connectivity index (χ3v) is 5.46. The molecule has 7 heteroatoms. The zero-order valence-electron chi connectivity index (χ0n) is 15.3. The summed E-state index contributed by atoms with van der Waals surface area (Å²) >= 11 is 3.60. The Kier molecular flexibility index (Phi) is 4.39. The lowest BCUT2D eigenvalue weighted by molar-refractivity contribution is 0.736. The molecule has 0 aliphatic carbocycles. The fourth-order valence-electron chi connectivity index (χ4n) is 3.23. The molecule has 6 nitrogen and oxygen atoms in total. The van der Waals surface area contributed by atoms with E-state index in [0.717, 1.165) is 44.0 Å². The van der Waals surface area contributed by atoms with Crippen molar-refractivity contribution in [3.63, 3.8) is 0 Å². The number of aromatic amines is 1. The lowest BCUT2D eigenvalue weighted by atomic mass is 10.1. The Morgan fingerprint density at radius 2 is 1.85 bits per heavy atom. The highest BCUT2D eigenvalue weighted by atomic mass is 79.9. The summed E-state index contributed by atoms with van der Waals surface area (Å²) in [6, 6.07) is 8.09. The molecule has 4 rings (SSSR count). The maximum absolute atomic E-state index is 8.28.